The number of hydrogen-bond acceptors (Lipinski definition) is 5. The minimum absolute atomic E-state index is 0.00797. The summed E-state index contributed by atoms with van der Waals surface area (Å²) in [4.78, 5) is 4.47. The molecule has 8 heteroatoms. The van der Waals surface area contributed by atoms with E-state index in [0.29, 0.717) is 23.6 Å². The second-order valence-electron chi connectivity index (χ2n) is 7.58. The van der Waals surface area contributed by atoms with Crippen molar-refractivity contribution in [3.63, 3.8) is 0 Å². The van der Waals surface area contributed by atoms with Crippen molar-refractivity contribution in [1.29, 1.82) is 0 Å². The Hall–Kier alpha value is -4.04. The van der Waals surface area contributed by atoms with Gasteiger partial charge in [0.2, 0.25) is 11.8 Å². The smallest absolute Gasteiger partial charge is 0.473 e. The third kappa shape index (κ3) is 6.74. The number of hydrogen-bond donors (Lipinski definition) is 1. The quantitative estimate of drug-likeness (QED) is 0.304. The molecule has 0 aliphatic heterocycles. The third-order valence-corrected chi connectivity index (χ3v) is 5.06. The van der Waals surface area contributed by atoms with Crippen LogP contribution in [0.1, 0.15) is 16.7 Å². The Morgan fingerprint density at radius 3 is 1.97 bits per heavy atom. The number of aromatic nitrogens is 1. The molecule has 4 rings (SSSR count). The minimum Gasteiger partial charge on any atom is -0.473 e. The van der Waals surface area contributed by atoms with Gasteiger partial charge in [-0.25, -0.2) is 0 Å². The molecule has 0 spiro atoms. The normalized spacial score (nSPS) is 11.2. The van der Waals surface area contributed by atoms with Gasteiger partial charge in [-0.15, -0.1) is 13.2 Å². The highest BCUT2D eigenvalue weighted by molar-refractivity contribution is 5.71. The molecule has 0 amide bonds. The summed E-state index contributed by atoms with van der Waals surface area (Å²) >= 11 is 0. The van der Waals surface area contributed by atoms with Gasteiger partial charge in [0.15, 0.2) is 0 Å². The number of rotatable bonds is 9. The summed E-state index contributed by atoms with van der Waals surface area (Å²) in [7, 11) is 0. The molecule has 3 aromatic carbocycles. The average molecular weight is 481 g/mol. The Morgan fingerprint density at radius 2 is 1.37 bits per heavy atom. The molecule has 0 fully saturated rings. The summed E-state index contributed by atoms with van der Waals surface area (Å²) < 4.78 is 54.6. The van der Waals surface area contributed by atoms with Gasteiger partial charge >= 0.3 is 6.36 Å². The molecule has 1 aromatic heterocycles. The first-order valence-electron chi connectivity index (χ1n) is 10.8. The number of pyridine rings is 1. The molecule has 0 bridgehead atoms. The minimum atomic E-state index is -4.90. The van der Waals surface area contributed by atoms with Gasteiger partial charge in [-0.2, -0.15) is 4.98 Å². The Labute approximate surface area is 200 Å². The summed E-state index contributed by atoms with van der Waals surface area (Å²) in [5.74, 6) is 0.00411. The van der Waals surface area contributed by atoms with Gasteiger partial charge in [-0.3, -0.25) is 0 Å². The standard InChI is InChI=1S/C27H22F3NO4/c28-27(29,30)35-24-15-21(11-12-22(24)16-32)23-13-14-25(33-17-19-7-3-1-4-8-19)31-26(23)34-18-20-9-5-2-6-10-20/h1-15,32H,16-18H2. The van der Waals surface area contributed by atoms with Crippen LogP contribution in [0.15, 0.2) is 91.0 Å². The van der Waals surface area contributed by atoms with Gasteiger partial charge in [-0.1, -0.05) is 72.8 Å². The SMILES string of the molecule is OCc1ccc(-c2ccc(OCc3ccccc3)nc2OCc2ccccc2)cc1OC(F)(F)F. The molecular weight excluding hydrogens is 459 g/mol. The van der Waals surface area contributed by atoms with Crippen molar-refractivity contribution in [2.75, 3.05) is 0 Å². The molecule has 1 N–H and O–H groups in total. The lowest BCUT2D eigenvalue weighted by Gasteiger charge is -2.16. The van der Waals surface area contributed by atoms with Crippen molar-refractivity contribution in [3.8, 4) is 28.6 Å². The number of aliphatic hydroxyl groups is 1. The summed E-state index contributed by atoms with van der Waals surface area (Å²) in [6.07, 6.45) is -4.90. The maximum absolute atomic E-state index is 12.9. The lowest BCUT2D eigenvalue weighted by Crippen LogP contribution is -2.18. The molecule has 0 aliphatic rings. The Morgan fingerprint density at radius 1 is 0.743 bits per heavy atom. The second-order valence-corrected chi connectivity index (χ2v) is 7.58. The Bertz CT molecular complexity index is 1250. The Kier molecular flexibility index (Phi) is 7.52. The van der Waals surface area contributed by atoms with E-state index in [9.17, 15) is 18.3 Å². The van der Waals surface area contributed by atoms with Gasteiger partial charge < -0.3 is 19.3 Å². The number of halogens is 3. The number of alkyl halides is 3. The Balaban J connectivity index is 1.66. The van der Waals surface area contributed by atoms with Crippen molar-refractivity contribution in [2.45, 2.75) is 26.2 Å². The first kappa shape index (κ1) is 24.1. The van der Waals surface area contributed by atoms with Crippen molar-refractivity contribution < 1.29 is 32.5 Å². The van der Waals surface area contributed by atoms with Crippen molar-refractivity contribution in [3.05, 3.63) is 108 Å². The van der Waals surface area contributed by atoms with E-state index in [1.807, 2.05) is 60.7 Å². The molecule has 0 saturated heterocycles. The van der Waals surface area contributed by atoms with Crippen LogP contribution in [0.25, 0.3) is 11.1 Å². The van der Waals surface area contributed by atoms with Crippen LogP contribution in [0.3, 0.4) is 0 Å². The zero-order valence-corrected chi connectivity index (χ0v) is 18.5. The fraction of sp³-hybridized carbons (Fsp3) is 0.148. The van der Waals surface area contributed by atoms with E-state index in [1.54, 1.807) is 18.2 Å². The predicted molar refractivity (Wildman–Crippen MR) is 124 cm³/mol. The van der Waals surface area contributed by atoms with E-state index >= 15 is 0 Å². The largest absolute Gasteiger partial charge is 0.573 e. The lowest BCUT2D eigenvalue weighted by atomic mass is 10.0. The van der Waals surface area contributed by atoms with E-state index in [0.717, 1.165) is 11.1 Å². The zero-order valence-electron chi connectivity index (χ0n) is 18.5. The van der Waals surface area contributed by atoms with Crippen molar-refractivity contribution in [2.24, 2.45) is 0 Å². The fourth-order valence-electron chi connectivity index (χ4n) is 3.36. The molecule has 4 aromatic rings. The number of ether oxygens (including phenoxy) is 3. The van der Waals surface area contributed by atoms with Crippen LogP contribution in [-0.4, -0.2) is 16.5 Å². The van der Waals surface area contributed by atoms with Gasteiger partial charge in [-0.05, 0) is 28.8 Å². The van der Waals surface area contributed by atoms with Crippen LogP contribution in [0.4, 0.5) is 13.2 Å². The molecule has 0 unspecified atom stereocenters. The number of nitrogens with zero attached hydrogens (tertiary/aromatic N) is 1. The predicted octanol–water partition coefficient (Wildman–Crippen LogP) is 6.30. The number of aliphatic hydroxyl groups excluding tert-OH is 1. The van der Waals surface area contributed by atoms with E-state index < -0.39 is 18.7 Å². The van der Waals surface area contributed by atoms with Gasteiger partial charge in [0, 0.05) is 17.2 Å². The summed E-state index contributed by atoms with van der Waals surface area (Å²) in [5, 5.41) is 9.43. The maximum atomic E-state index is 12.9. The van der Waals surface area contributed by atoms with E-state index in [2.05, 4.69) is 9.72 Å². The second kappa shape index (κ2) is 10.9. The first-order chi connectivity index (χ1) is 16.9. The lowest BCUT2D eigenvalue weighted by molar-refractivity contribution is -0.275. The van der Waals surface area contributed by atoms with Gasteiger partial charge in [0.25, 0.3) is 0 Å². The molecule has 1 heterocycles. The van der Waals surface area contributed by atoms with E-state index in [1.165, 1.54) is 12.1 Å². The molecule has 0 aliphatic carbocycles. The fourth-order valence-corrected chi connectivity index (χ4v) is 3.36. The monoisotopic (exact) mass is 481 g/mol. The van der Waals surface area contributed by atoms with Crippen LogP contribution in [0, 0.1) is 0 Å². The van der Waals surface area contributed by atoms with Crippen molar-refractivity contribution >= 4 is 0 Å². The molecule has 0 atom stereocenters. The van der Waals surface area contributed by atoms with E-state index in [4.69, 9.17) is 9.47 Å². The van der Waals surface area contributed by atoms with Crippen LogP contribution in [-0.2, 0) is 19.8 Å². The molecule has 180 valence electrons. The average Bonchev–Trinajstić information content (AvgIpc) is 2.86. The van der Waals surface area contributed by atoms with Crippen LogP contribution >= 0.6 is 0 Å². The zero-order chi connectivity index (χ0) is 24.7. The van der Waals surface area contributed by atoms with E-state index in [-0.39, 0.29) is 18.1 Å². The maximum Gasteiger partial charge on any atom is 0.573 e. The highest BCUT2D eigenvalue weighted by Crippen LogP contribution is 2.36. The third-order valence-electron chi connectivity index (χ3n) is 5.06. The number of benzene rings is 3. The topological polar surface area (TPSA) is 60.8 Å². The summed E-state index contributed by atoms with van der Waals surface area (Å²) in [5.41, 5.74) is 2.69. The molecule has 0 saturated carbocycles. The highest BCUT2D eigenvalue weighted by Gasteiger charge is 2.32. The summed E-state index contributed by atoms with van der Waals surface area (Å²) in [6, 6.07) is 26.4. The molecular formula is C27H22F3NO4. The van der Waals surface area contributed by atoms with Gasteiger partial charge in [0.05, 0.1) is 6.61 Å². The van der Waals surface area contributed by atoms with Gasteiger partial charge in [0.1, 0.15) is 19.0 Å². The molecule has 0 radical (unpaired) electrons. The van der Waals surface area contributed by atoms with Crippen LogP contribution in [0.5, 0.6) is 17.5 Å². The van der Waals surface area contributed by atoms with Crippen LogP contribution < -0.4 is 14.2 Å². The summed E-state index contributed by atoms with van der Waals surface area (Å²) in [6.45, 7) is -0.114. The highest BCUT2D eigenvalue weighted by atomic mass is 19.4. The van der Waals surface area contributed by atoms with Crippen LogP contribution in [0.2, 0.25) is 0 Å². The molecule has 35 heavy (non-hydrogen) atoms. The first-order valence-corrected chi connectivity index (χ1v) is 10.8. The van der Waals surface area contributed by atoms with Crippen molar-refractivity contribution in [1.82, 2.24) is 4.98 Å². The molecule has 5 nitrogen and oxygen atoms in total.